The van der Waals surface area contributed by atoms with Gasteiger partial charge >= 0.3 is 0 Å². The van der Waals surface area contributed by atoms with E-state index in [1.807, 2.05) is 6.07 Å². The SMILES string of the molecule is CN=C(NCc1cccc(S(=O)(=O)NC)c1)NCC1(N2CCCCC2)CCCCC1.I. The molecule has 1 aromatic carbocycles. The maximum absolute atomic E-state index is 12.0. The highest BCUT2D eigenvalue weighted by Gasteiger charge is 2.38. The van der Waals surface area contributed by atoms with Crippen molar-refractivity contribution < 1.29 is 8.42 Å². The summed E-state index contributed by atoms with van der Waals surface area (Å²) in [5, 5.41) is 6.92. The van der Waals surface area contributed by atoms with Crippen LogP contribution in [-0.4, -0.2) is 58.5 Å². The minimum atomic E-state index is -3.44. The number of nitrogens with one attached hydrogen (secondary N) is 3. The van der Waals surface area contributed by atoms with Crippen LogP contribution in [0.1, 0.15) is 56.9 Å². The van der Waals surface area contributed by atoms with Gasteiger partial charge in [-0.05, 0) is 63.5 Å². The summed E-state index contributed by atoms with van der Waals surface area (Å²) in [6.45, 7) is 3.84. The number of guanidine groups is 1. The van der Waals surface area contributed by atoms with E-state index < -0.39 is 10.0 Å². The van der Waals surface area contributed by atoms with Crippen molar-refractivity contribution in [3.63, 3.8) is 0 Å². The van der Waals surface area contributed by atoms with Gasteiger partial charge in [-0.3, -0.25) is 9.89 Å². The summed E-state index contributed by atoms with van der Waals surface area (Å²) < 4.78 is 26.4. The molecule has 0 bridgehead atoms. The monoisotopic (exact) mass is 563 g/mol. The van der Waals surface area contributed by atoms with E-state index in [2.05, 4.69) is 25.2 Å². The first-order valence-corrected chi connectivity index (χ1v) is 12.7. The Bertz CT molecular complexity index is 819. The third-order valence-electron chi connectivity index (χ3n) is 6.56. The normalized spacial score (nSPS) is 20.0. The van der Waals surface area contributed by atoms with Crippen LogP contribution < -0.4 is 15.4 Å². The molecule has 0 amide bonds. The predicted molar refractivity (Wildman–Crippen MR) is 138 cm³/mol. The van der Waals surface area contributed by atoms with E-state index in [1.165, 1.54) is 71.5 Å². The van der Waals surface area contributed by atoms with Crippen LogP contribution in [0.25, 0.3) is 0 Å². The smallest absolute Gasteiger partial charge is 0.240 e. The van der Waals surface area contributed by atoms with Gasteiger partial charge in [-0.25, -0.2) is 13.1 Å². The lowest BCUT2D eigenvalue weighted by molar-refractivity contribution is 0.0368. The quantitative estimate of drug-likeness (QED) is 0.270. The number of aliphatic imine (C=N–C) groups is 1. The highest BCUT2D eigenvalue weighted by atomic mass is 127. The summed E-state index contributed by atoms with van der Waals surface area (Å²) in [7, 11) is -0.230. The zero-order valence-corrected chi connectivity index (χ0v) is 22.0. The van der Waals surface area contributed by atoms with Crippen molar-refractivity contribution in [3.8, 4) is 0 Å². The lowest BCUT2D eigenvalue weighted by Gasteiger charge is -2.48. The molecule has 7 nitrogen and oxygen atoms in total. The van der Waals surface area contributed by atoms with E-state index in [4.69, 9.17) is 0 Å². The Morgan fingerprint density at radius 1 is 1.06 bits per heavy atom. The fourth-order valence-electron chi connectivity index (χ4n) is 4.78. The lowest BCUT2D eigenvalue weighted by atomic mass is 9.79. The number of rotatable bonds is 7. The second-order valence-electron chi connectivity index (χ2n) is 8.47. The summed E-state index contributed by atoms with van der Waals surface area (Å²) in [6.07, 6.45) is 10.4. The van der Waals surface area contributed by atoms with Gasteiger partial charge in [0, 0.05) is 25.7 Å². The average molecular weight is 564 g/mol. The number of hydrogen-bond donors (Lipinski definition) is 3. The summed E-state index contributed by atoms with van der Waals surface area (Å²) in [4.78, 5) is 7.40. The van der Waals surface area contributed by atoms with E-state index in [1.54, 1.807) is 25.2 Å². The van der Waals surface area contributed by atoms with Crippen LogP contribution in [0, 0.1) is 0 Å². The van der Waals surface area contributed by atoms with Crippen molar-refractivity contribution >= 4 is 40.0 Å². The zero-order valence-electron chi connectivity index (χ0n) is 18.8. The Labute approximate surface area is 204 Å². The standard InChI is InChI=1S/C22H37N5O2S.HI/c1-23-21(25-17-19-10-9-11-20(16-19)30(28,29)24-2)26-18-22(12-5-3-6-13-22)27-14-7-4-8-15-27;/h9-11,16,24H,3-8,12-15,17-18H2,1-2H3,(H2,23,25,26);1H. The predicted octanol–water partition coefficient (Wildman–Crippen LogP) is 3.07. The molecule has 0 aromatic heterocycles. The van der Waals surface area contributed by atoms with Crippen molar-refractivity contribution in [3.05, 3.63) is 29.8 Å². The molecule has 0 radical (unpaired) electrons. The molecular formula is C22H38IN5O2S. The Balaban J connectivity index is 0.00000341. The van der Waals surface area contributed by atoms with Crippen LogP contribution in [0.3, 0.4) is 0 Å². The minimum absolute atomic E-state index is 0. The number of hydrogen-bond acceptors (Lipinski definition) is 4. The summed E-state index contributed by atoms with van der Waals surface area (Å²) in [5.41, 5.74) is 1.13. The van der Waals surface area contributed by atoms with E-state index >= 15 is 0 Å². The number of likely N-dealkylation sites (tertiary alicyclic amines) is 1. The Hall–Kier alpha value is -0.910. The summed E-state index contributed by atoms with van der Waals surface area (Å²) in [5.74, 6) is 0.763. The second-order valence-corrected chi connectivity index (χ2v) is 10.4. The molecule has 1 aromatic rings. The second kappa shape index (κ2) is 12.4. The van der Waals surface area contributed by atoms with E-state index in [0.29, 0.717) is 6.54 Å². The van der Waals surface area contributed by atoms with E-state index in [0.717, 1.165) is 18.1 Å². The van der Waals surface area contributed by atoms with Crippen LogP contribution in [0.5, 0.6) is 0 Å². The van der Waals surface area contributed by atoms with E-state index in [-0.39, 0.29) is 34.4 Å². The van der Waals surface area contributed by atoms with Gasteiger partial charge in [0.15, 0.2) is 5.96 Å². The van der Waals surface area contributed by atoms with Gasteiger partial charge in [-0.15, -0.1) is 24.0 Å². The zero-order chi connectivity index (χ0) is 21.5. The fourth-order valence-corrected chi connectivity index (χ4v) is 5.58. The topological polar surface area (TPSA) is 85.8 Å². The van der Waals surface area contributed by atoms with Crippen molar-refractivity contribution in [2.24, 2.45) is 4.99 Å². The van der Waals surface area contributed by atoms with Gasteiger partial charge < -0.3 is 10.6 Å². The number of halogens is 1. The van der Waals surface area contributed by atoms with Crippen LogP contribution in [-0.2, 0) is 16.6 Å². The van der Waals surface area contributed by atoms with E-state index in [9.17, 15) is 8.42 Å². The lowest BCUT2D eigenvalue weighted by Crippen LogP contribution is -2.59. The number of benzene rings is 1. The summed E-state index contributed by atoms with van der Waals surface area (Å²) >= 11 is 0. The average Bonchev–Trinajstić information content (AvgIpc) is 2.80. The maximum atomic E-state index is 12.0. The van der Waals surface area contributed by atoms with Crippen LogP contribution >= 0.6 is 24.0 Å². The van der Waals surface area contributed by atoms with Gasteiger partial charge in [0.1, 0.15) is 0 Å². The first kappa shape index (κ1) is 26.3. The molecule has 31 heavy (non-hydrogen) atoms. The van der Waals surface area contributed by atoms with Gasteiger partial charge in [0.05, 0.1) is 4.90 Å². The molecule has 176 valence electrons. The minimum Gasteiger partial charge on any atom is -0.355 e. The van der Waals surface area contributed by atoms with Gasteiger partial charge in [0.2, 0.25) is 10.0 Å². The molecule has 2 aliphatic rings. The maximum Gasteiger partial charge on any atom is 0.240 e. The molecule has 1 aliphatic carbocycles. The molecule has 1 saturated heterocycles. The molecule has 1 heterocycles. The van der Waals surface area contributed by atoms with Gasteiger partial charge in [0.25, 0.3) is 0 Å². The molecule has 0 atom stereocenters. The van der Waals surface area contributed by atoms with Crippen LogP contribution in [0.15, 0.2) is 34.2 Å². The largest absolute Gasteiger partial charge is 0.355 e. The molecule has 0 spiro atoms. The molecular weight excluding hydrogens is 525 g/mol. The Morgan fingerprint density at radius 2 is 1.74 bits per heavy atom. The Kier molecular flexibility index (Phi) is 10.5. The number of piperidine rings is 1. The third kappa shape index (κ3) is 7.03. The molecule has 0 unspecified atom stereocenters. The van der Waals surface area contributed by atoms with Crippen molar-refractivity contribution in [2.45, 2.75) is 68.3 Å². The molecule has 1 saturated carbocycles. The van der Waals surface area contributed by atoms with Crippen molar-refractivity contribution in [1.82, 2.24) is 20.3 Å². The van der Waals surface area contributed by atoms with Gasteiger partial charge in [-0.2, -0.15) is 0 Å². The number of sulfonamides is 1. The van der Waals surface area contributed by atoms with Crippen molar-refractivity contribution in [1.29, 1.82) is 0 Å². The third-order valence-corrected chi connectivity index (χ3v) is 7.97. The first-order valence-electron chi connectivity index (χ1n) is 11.2. The molecule has 9 heteroatoms. The van der Waals surface area contributed by atoms with Crippen molar-refractivity contribution in [2.75, 3.05) is 33.7 Å². The molecule has 3 rings (SSSR count). The molecule has 1 aliphatic heterocycles. The Morgan fingerprint density at radius 3 is 2.39 bits per heavy atom. The number of nitrogens with zero attached hydrogens (tertiary/aromatic N) is 2. The van der Waals surface area contributed by atoms with Gasteiger partial charge in [-0.1, -0.05) is 37.8 Å². The highest BCUT2D eigenvalue weighted by molar-refractivity contribution is 14.0. The fraction of sp³-hybridized carbons (Fsp3) is 0.682. The van der Waals surface area contributed by atoms with Crippen LogP contribution in [0.4, 0.5) is 0 Å². The molecule has 2 fully saturated rings. The molecule has 3 N–H and O–H groups in total. The highest BCUT2D eigenvalue weighted by Crippen LogP contribution is 2.35. The summed E-state index contributed by atoms with van der Waals surface area (Å²) in [6, 6.07) is 6.99. The first-order chi connectivity index (χ1) is 14.5. The van der Waals surface area contributed by atoms with Crippen LogP contribution in [0.2, 0.25) is 0 Å².